The third-order valence-corrected chi connectivity index (χ3v) is 0.655. The van der Waals surface area contributed by atoms with Gasteiger partial charge in [0.1, 0.15) is 0 Å². The van der Waals surface area contributed by atoms with E-state index < -0.39 is 0 Å². The van der Waals surface area contributed by atoms with Gasteiger partial charge in [-0.25, -0.2) is 0 Å². The van der Waals surface area contributed by atoms with Crippen molar-refractivity contribution in [2.24, 2.45) is 0 Å². The summed E-state index contributed by atoms with van der Waals surface area (Å²) in [5, 5.41) is 0. The van der Waals surface area contributed by atoms with Crippen molar-refractivity contribution in [3.63, 3.8) is 0 Å². The van der Waals surface area contributed by atoms with Crippen molar-refractivity contribution in [1.29, 1.82) is 0 Å². The molecule has 0 heterocycles. The molecule has 0 bridgehead atoms. The van der Waals surface area contributed by atoms with Crippen molar-refractivity contribution in [3.8, 4) is 0 Å². The van der Waals surface area contributed by atoms with Gasteiger partial charge in [-0.15, -0.1) is 0 Å². The van der Waals surface area contributed by atoms with Gasteiger partial charge in [0.2, 0.25) is 0 Å². The minimum atomic E-state index is 0. The summed E-state index contributed by atoms with van der Waals surface area (Å²) in [6.45, 7) is 0. The van der Waals surface area contributed by atoms with Crippen LogP contribution in [0.4, 0.5) is 0 Å². The van der Waals surface area contributed by atoms with Crippen LogP contribution in [0.3, 0.4) is 0 Å². The van der Waals surface area contributed by atoms with Gasteiger partial charge in [-0.1, -0.05) is 24.3 Å². The molecule has 0 aromatic rings. The molecule has 0 saturated carbocycles. The molecule has 1 heteroatoms. The van der Waals surface area contributed by atoms with E-state index in [1.165, 1.54) is 0 Å². The normalized spacial score (nSPS) is 14.7. The predicted molar refractivity (Wildman–Crippen MR) is 22.9 cm³/mol. The van der Waals surface area contributed by atoms with Crippen LogP contribution in [0, 0.1) is 37.7 Å². The van der Waals surface area contributed by atoms with Gasteiger partial charge < -0.3 is 0 Å². The molecule has 0 atom stereocenters. The molecule has 1 rings (SSSR count). The van der Waals surface area contributed by atoms with Crippen molar-refractivity contribution >= 4 is 0 Å². The Hall–Kier alpha value is 0.740. The van der Waals surface area contributed by atoms with Crippen LogP contribution in [-0.2, 0) is 0 Å². The van der Waals surface area contributed by atoms with Gasteiger partial charge in [0.25, 0.3) is 0 Å². The van der Waals surface area contributed by atoms with Gasteiger partial charge in [0.05, 0.1) is 0 Å². The average Bonchev–Trinajstić information content (AvgIpc) is 1.76. The maximum absolute atomic E-state index is 2.12. The van der Waals surface area contributed by atoms with E-state index in [-0.39, 0.29) is 37.7 Å². The topological polar surface area (TPSA) is 0 Å². The summed E-state index contributed by atoms with van der Waals surface area (Å²) in [6, 6.07) is 0. The molecule has 0 N–H and O–H groups in total. The fraction of sp³-hybridized carbons (Fsp3) is 0.200. The van der Waals surface area contributed by atoms with Crippen LogP contribution in [0.5, 0.6) is 0 Å². The zero-order chi connectivity index (χ0) is 3.54. The van der Waals surface area contributed by atoms with Gasteiger partial charge in [-0.05, 0) is 6.42 Å². The second-order valence-electron chi connectivity index (χ2n) is 1.09. The Labute approximate surface area is 67.9 Å². The van der Waals surface area contributed by atoms with E-state index in [0.29, 0.717) is 0 Å². The average molecular weight is 231 g/mol. The van der Waals surface area contributed by atoms with Crippen LogP contribution >= 0.6 is 0 Å². The van der Waals surface area contributed by atoms with Crippen LogP contribution in [0.1, 0.15) is 6.42 Å². The molecule has 0 aliphatic heterocycles. The first-order valence-electron chi connectivity index (χ1n) is 1.82. The smallest absolute Gasteiger partial charge is 0 e. The molecule has 1 radical (unpaired) electrons. The maximum Gasteiger partial charge on any atom is 0 e. The van der Waals surface area contributed by atoms with E-state index in [9.17, 15) is 0 Å². The van der Waals surface area contributed by atoms with Crippen LogP contribution in [0.2, 0.25) is 0 Å². The molecule has 0 saturated heterocycles. The van der Waals surface area contributed by atoms with E-state index in [2.05, 4.69) is 24.3 Å². The zero-order valence-electron chi connectivity index (χ0n) is 3.32. The van der Waals surface area contributed by atoms with Crippen molar-refractivity contribution in [2.75, 3.05) is 0 Å². The largest absolute Gasteiger partial charge is 0.0808 e. The van der Waals surface area contributed by atoms with Crippen molar-refractivity contribution in [2.45, 2.75) is 6.42 Å². The van der Waals surface area contributed by atoms with E-state index in [0.717, 1.165) is 6.42 Å². The van der Waals surface area contributed by atoms with Crippen LogP contribution in [0.25, 0.3) is 0 Å². The number of rotatable bonds is 0. The third kappa shape index (κ3) is 2.01. The van der Waals surface area contributed by atoms with E-state index in [1.807, 2.05) is 0 Å². The standard InChI is InChI=1S/C5H6.Ho/c1-2-4-5-3-1;/h1-4H,5H2;. The molecule has 1 aliphatic carbocycles. The molecular weight excluding hydrogens is 225 g/mol. The Morgan fingerprint density at radius 3 is 1.67 bits per heavy atom. The van der Waals surface area contributed by atoms with Crippen molar-refractivity contribution < 1.29 is 37.7 Å². The summed E-state index contributed by atoms with van der Waals surface area (Å²) in [5.74, 6) is 0. The summed E-state index contributed by atoms with van der Waals surface area (Å²) in [4.78, 5) is 0. The van der Waals surface area contributed by atoms with E-state index in [1.54, 1.807) is 0 Å². The predicted octanol–water partition coefficient (Wildman–Crippen LogP) is 1.50. The molecule has 1 aliphatic rings. The SMILES string of the molecule is C1=CCC=C1.[Ho]. The molecular formula is C5H6Ho. The fourth-order valence-corrected chi connectivity index (χ4v) is 0.393. The van der Waals surface area contributed by atoms with Crippen LogP contribution < -0.4 is 0 Å². The molecule has 0 fully saturated rings. The Morgan fingerprint density at radius 2 is 1.50 bits per heavy atom. The summed E-state index contributed by atoms with van der Waals surface area (Å²) in [7, 11) is 0. The first-order valence-corrected chi connectivity index (χ1v) is 1.82. The molecule has 0 amide bonds. The number of hydrogen-bond donors (Lipinski definition) is 0. The minimum Gasteiger partial charge on any atom is -0.0808 e. The second-order valence-corrected chi connectivity index (χ2v) is 1.09. The van der Waals surface area contributed by atoms with Gasteiger partial charge in [-0.3, -0.25) is 0 Å². The number of allylic oxidation sites excluding steroid dienone is 4. The van der Waals surface area contributed by atoms with E-state index >= 15 is 0 Å². The molecule has 6 heavy (non-hydrogen) atoms. The van der Waals surface area contributed by atoms with Gasteiger partial charge in [0.15, 0.2) is 0 Å². The summed E-state index contributed by atoms with van der Waals surface area (Å²) in [6.07, 6.45) is 9.50. The van der Waals surface area contributed by atoms with Crippen LogP contribution in [-0.4, -0.2) is 0 Å². The van der Waals surface area contributed by atoms with E-state index in [4.69, 9.17) is 0 Å². The van der Waals surface area contributed by atoms with Crippen molar-refractivity contribution in [3.05, 3.63) is 24.3 Å². The summed E-state index contributed by atoms with van der Waals surface area (Å²) >= 11 is 0. The third-order valence-electron chi connectivity index (χ3n) is 0.655. The molecule has 0 aromatic carbocycles. The Bertz CT molecular complexity index is 62.0. The quantitative estimate of drug-likeness (QED) is 0.554. The van der Waals surface area contributed by atoms with Crippen LogP contribution in [0.15, 0.2) is 24.3 Å². The second kappa shape index (κ2) is 3.91. The Balaban J connectivity index is 0.000000250. The molecule has 37 valence electrons. The summed E-state index contributed by atoms with van der Waals surface area (Å²) < 4.78 is 0. The molecule has 0 unspecified atom stereocenters. The molecule has 0 nitrogen and oxygen atoms in total. The maximum atomic E-state index is 2.12. The number of hydrogen-bond acceptors (Lipinski definition) is 0. The molecule has 0 aromatic heterocycles. The first-order chi connectivity index (χ1) is 2.50. The van der Waals surface area contributed by atoms with Gasteiger partial charge >= 0.3 is 0 Å². The minimum absolute atomic E-state index is 0. The monoisotopic (exact) mass is 231 g/mol. The van der Waals surface area contributed by atoms with Gasteiger partial charge in [-0.2, -0.15) is 0 Å². The Kier molecular flexibility index (Phi) is 4.40. The summed E-state index contributed by atoms with van der Waals surface area (Å²) in [5.41, 5.74) is 0. The fourth-order valence-electron chi connectivity index (χ4n) is 0.393. The Morgan fingerprint density at radius 1 is 1.00 bits per heavy atom. The van der Waals surface area contributed by atoms with Crippen molar-refractivity contribution in [1.82, 2.24) is 0 Å². The molecule has 0 spiro atoms. The zero-order valence-corrected chi connectivity index (χ0v) is 5.25. The first kappa shape index (κ1) is 6.74. The van der Waals surface area contributed by atoms with Gasteiger partial charge in [0, 0.05) is 37.7 Å².